The predicted octanol–water partition coefficient (Wildman–Crippen LogP) is 4.01. The number of alkyl halides is 1. The van der Waals surface area contributed by atoms with Crippen LogP contribution in [-0.2, 0) is 0 Å². The van der Waals surface area contributed by atoms with Crippen LogP contribution in [0.4, 0.5) is 0 Å². The molecule has 0 bridgehead atoms. The van der Waals surface area contributed by atoms with Gasteiger partial charge in [-0.1, -0.05) is 59.8 Å². The molecule has 0 nitrogen and oxygen atoms in total. The molecular weight excluding hydrogens is 259 g/mol. The molecule has 0 fully saturated rings. The van der Waals surface area contributed by atoms with Crippen LogP contribution in [-0.4, -0.2) is 4.43 Å². The molecule has 66 valence electrons. The van der Waals surface area contributed by atoms with Gasteiger partial charge in [-0.3, -0.25) is 0 Å². The van der Waals surface area contributed by atoms with E-state index < -0.39 is 0 Å². The van der Waals surface area contributed by atoms with Gasteiger partial charge in [0.2, 0.25) is 0 Å². The summed E-state index contributed by atoms with van der Waals surface area (Å²) in [6.45, 7) is 2.27. The Hall–Kier alpha value is -0.0500. The van der Waals surface area contributed by atoms with Crippen molar-refractivity contribution in [3.63, 3.8) is 0 Å². The van der Waals surface area contributed by atoms with Gasteiger partial charge in [-0.25, -0.2) is 0 Å². The standard InChI is InChI=1S/C11H15I/c1-2-10(8-9-12)11-6-4-3-5-7-11/h3-7,10H,2,8-9H2,1H3. The van der Waals surface area contributed by atoms with Crippen molar-refractivity contribution >= 4 is 22.6 Å². The zero-order chi connectivity index (χ0) is 8.81. The average molecular weight is 274 g/mol. The summed E-state index contributed by atoms with van der Waals surface area (Å²) < 4.78 is 1.26. The Labute approximate surface area is 88.5 Å². The van der Waals surface area contributed by atoms with Gasteiger partial charge in [-0.05, 0) is 24.3 Å². The molecule has 0 saturated heterocycles. The van der Waals surface area contributed by atoms with Gasteiger partial charge in [0.1, 0.15) is 0 Å². The number of hydrogen-bond acceptors (Lipinski definition) is 0. The largest absolute Gasteiger partial charge is 0.0864 e. The second-order valence-corrected chi connectivity index (χ2v) is 4.07. The van der Waals surface area contributed by atoms with Crippen molar-refractivity contribution in [1.82, 2.24) is 0 Å². The number of hydrogen-bond donors (Lipinski definition) is 0. The molecule has 0 N–H and O–H groups in total. The molecule has 1 aromatic rings. The van der Waals surface area contributed by atoms with Crippen molar-refractivity contribution in [3.05, 3.63) is 35.9 Å². The van der Waals surface area contributed by atoms with Gasteiger partial charge < -0.3 is 0 Å². The summed E-state index contributed by atoms with van der Waals surface area (Å²) in [5, 5.41) is 0. The maximum atomic E-state index is 2.45. The lowest BCUT2D eigenvalue weighted by Crippen LogP contribution is -1.97. The quantitative estimate of drug-likeness (QED) is 0.575. The minimum atomic E-state index is 0.767. The summed E-state index contributed by atoms with van der Waals surface area (Å²) in [5.41, 5.74) is 1.50. The molecule has 1 heteroatoms. The molecule has 0 heterocycles. The molecule has 0 spiro atoms. The highest BCUT2D eigenvalue weighted by molar-refractivity contribution is 14.1. The molecule has 1 aromatic carbocycles. The summed E-state index contributed by atoms with van der Waals surface area (Å²) >= 11 is 2.45. The normalized spacial score (nSPS) is 12.8. The first-order valence-corrected chi connectivity index (χ1v) is 6.02. The van der Waals surface area contributed by atoms with E-state index in [0.717, 1.165) is 5.92 Å². The van der Waals surface area contributed by atoms with Gasteiger partial charge in [-0.15, -0.1) is 0 Å². The first kappa shape index (κ1) is 10.0. The maximum absolute atomic E-state index is 2.45. The van der Waals surface area contributed by atoms with E-state index in [0.29, 0.717) is 0 Å². The Morgan fingerprint density at radius 2 is 1.92 bits per heavy atom. The van der Waals surface area contributed by atoms with E-state index >= 15 is 0 Å². The molecule has 1 rings (SSSR count). The van der Waals surface area contributed by atoms with Gasteiger partial charge in [-0.2, -0.15) is 0 Å². The van der Waals surface area contributed by atoms with Crippen LogP contribution in [0.25, 0.3) is 0 Å². The fourth-order valence-electron chi connectivity index (χ4n) is 1.46. The zero-order valence-electron chi connectivity index (χ0n) is 7.46. The van der Waals surface area contributed by atoms with E-state index in [1.165, 1.54) is 22.8 Å². The molecule has 0 saturated carbocycles. The highest BCUT2D eigenvalue weighted by atomic mass is 127. The molecule has 0 aliphatic heterocycles. The van der Waals surface area contributed by atoms with Crippen molar-refractivity contribution in [2.75, 3.05) is 4.43 Å². The van der Waals surface area contributed by atoms with Crippen molar-refractivity contribution in [2.24, 2.45) is 0 Å². The summed E-state index contributed by atoms with van der Waals surface area (Å²) in [5.74, 6) is 0.767. The minimum Gasteiger partial charge on any atom is -0.0864 e. The predicted molar refractivity (Wildman–Crippen MR) is 63.0 cm³/mol. The molecule has 12 heavy (non-hydrogen) atoms. The van der Waals surface area contributed by atoms with Crippen LogP contribution in [0.15, 0.2) is 30.3 Å². The molecular formula is C11H15I. The Morgan fingerprint density at radius 3 is 2.42 bits per heavy atom. The van der Waals surface area contributed by atoms with Crippen molar-refractivity contribution < 1.29 is 0 Å². The summed E-state index contributed by atoms with van der Waals surface area (Å²) in [6, 6.07) is 10.8. The monoisotopic (exact) mass is 274 g/mol. The van der Waals surface area contributed by atoms with Crippen LogP contribution >= 0.6 is 22.6 Å². The van der Waals surface area contributed by atoms with Gasteiger partial charge in [0.25, 0.3) is 0 Å². The lowest BCUT2D eigenvalue weighted by Gasteiger charge is -2.12. The maximum Gasteiger partial charge on any atom is 0.000109 e. The fourth-order valence-corrected chi connectivity index (χ4v) is 2.22. The third-order valence-corrected chi connectivity index (χ3v) is 2.84. The molecule has 1 unspecified atom stereocenters. The number of rotatable bonds is 4. The van der Waals surface area contributed by atoms with Crippen molar-refractivity contribution in [1.29, 1.82) is 0 Å². The van der Waals surface area contributed by atoms with Crippen LogP contribution < -0.4 is 0 Å². The second kappa shape index (κ2) is 5.57. The van der Waals surface area contributed by atoms with Crippen LogP contribution in [0.5, 0.6) is 0 Å². The molecule has 1 atom stereocenters. The third-order valence-electron chi connectivity index (χ3n) is 2.22. The van der Waals surface area contributed by atoms with E-state index in [1.54, 1.807) is 0 Å². The van der Waals surface area contributed by atoms with E-state index in [-0.39, 0.29) is 0 Å². The van der Waals surface area contributed by atoms with Gasteiger partial charge in [0.05, 0.1) is 0 Å². The lowest BCUT2D eigenvalue weighted by atomic mass is 9.94. The highest BCUT2D eigenvalue weighted by Crippen LogP contribution is 2.23. The summed E-state index contributed by atoms with van der Waals surface area (Å²) in [6.07, 6.45) is 2.56. The van der Waals surface area contributed by atoms with Gasteiger partial charge >= 0.3 is 0 Å². The Bertz CT molecular complexity index is 206. The number of benzene rings is 1. The molecule has 0 aliphatic rings. The van der Waals surface area contributed by atoms with Crippen LogP contribution in [0.2, 0.25) is 0 Å². The Balaban J connectivity index is 2.66. The topological polar surface area (TPSA) is 0 Å². The number of halogens is 1. The molecule has 0 aromatic heterocycles. The van der Waals surface area contributed by atoms with Gasteiger partial charge in [0.15, 0.2) is 0 Å². The third kappa shape index (κ3) is 2.77. The highest BCUT2D eigenvalue weighted by Gasteiger charge is 2.06. The average Bonchev–Trinajstić information content (AvgIpc) is 2.15. The van der Waals surface area contributed by atoms with E-state index in [1.807, 2.05) is 0 Å². The zero-order valence-corrected chi connectivity index (χ0v) is 9.62. The first-order chi connectivity index (χ1) is 5.88. The SMILES string of the molecule is CCC(CCI)c1ccccc1. The van der Waals surface area contributed by atoms with E-state index in [9.17, 15) is 0 Å². The summed E-state index contributed by atoms with van der Waals surface area (Å²) in [7, 11) is 0. The van der Waals surface area contributed by atoms with Gasteiger partial charge in [0, 0.05) is 4.43 Å². The van der Waals surface area contributed by atoms with Crippen molar-refractivity contribution in [3.8, 4) is 0 Å². The minimum absolute atomic E-state index is 0.767. The van der Waals surface area contributed by atoms with Crippen LogP contribution in [0.3, 0.4) is 0 Å². The molecule has 0 radical (unpaired) electrons. The van der Waals surface area contributed by atoms with E-state index in [4.69, 9.17) is 0 Å². The first-order valence-electron chi connectivity index (χ1n) is 4.49. The molecule has 0 aliphatic carbocycles. The smallest absolute Gasteiger partial charge is 0.000109 e. The van der Waals surface area contributed by atoms with E-state index in [2.05, 4.69) is 59.8 Å². The van der Waals surface area contributed by atoms with Crippen LogP contribution in [0, 0.1) is 0 Å². The lowest BCUT2D eigenvalue weighted by molar-refractivity contribution is 0.651. The second-order valence-electron chi connectivity index (χ2n) is 2.99. The molecule has 0 amide bonds. The Morgan fingerprint density at radius 1 is 1.25 bits per heavy atom. The Kier molecular flexibility index (Phi) is 4.66. The van der Waals surface area contributed by atoms with Crippen molar-refractivity contribution in [2.45, 2.75) is 25.7 Å². The summed E-state index contributed by atoms with van der Waals surface area (Å²) in [4.78, 5) is 0. The fraction of sp³-hybridized carbons (Fsp3) is 0.455. The van der Waals surface area contributed by atoms with Crippen LogP contribution in [0.1, 0.15) is 31.2 Å².